The molecule has 1 aromatic carbocycles. The summed E-state index contributed by atoms with van der Waals surface area (Å²) in [4.78, 5) is 22.8. The normalized spacial score (nSPS) is 15.0. The summed E-state index contributed by atoms with van der Waals surface area (Å²) in [6.07, 6.45) is -3.30. The fourth-order valence-corrected chi connectivity index (χ4v) is 5.99. The van der Waals surface area contributed by atoms with Crippen LogP contribution in [0.15, 0.2) is 59.6 Å². The molecule has 220 valence electrons. The molecule has 1 aliphatic heterocycles. The molecule has 41 heavy (non-hydrogen) atoms. The van der Waals surface area contributed by atoms with Gasteiger partial charge < -0.3 is 9.64 Å². The monoisotopic (exact) mass is 590 g/mol. The quantitative estimate of drug-likeness (QED) is 0.318. The van der Waals surface area contributed by atoms with Crippen LogP contribution in [0.4, 0.5) is 24.8 Å². The Morgan fingerprint density at radius 2 is 1.71 bits per heavy atom. The van der Waals surface area contributed by atoms with Gasteiger partial charge in [-0.3, -0.25) is 9.52 Å². The van der Waals surface area contributed by atoms with E-state index in [1.165, 1.54) is 12.1 Å². The minimum Gasteiger partial charge on any atom is -0.466 e. The van der Waals surface area contributed by atoms with Gasteiger partial charge in [0.2, 0.25) is 0 Å². The number of carbonyl (C=O) groups excluding carboxylic acids is 1. The molecule has 0 aliphatic carbocycles. The summed E-state index contributed by atoms with van der Waals surface area (Å²) in [6.45, 7) is 8.63. The molecule has 3 heterocycles. The molecule has 3 aromatic rings. The molecule has 2 aromatic heterocycles. The SMILES string of the molecule is CCOC(=O)C(C)(C)C1CCN(c2cccc(S(=O)(=O)Nc3ccc(C(F)(F)F)c(-c4ccccc4C)n3)n2)CC1. The Bertz CT molecular complexity index is 1520. The highest BCUT2D eigenvalue weighted by Crippen LogP contribution is 2.39. The maximum atomic E-state index is 13.8. The molecule has 0 radical (unpaired) electrons. The highest BCUT2D eigenvalue weighted by Gasteiger charge is 2.40. The number of hydrogen-bond acceptors (Lipinski definition) is 7. The van der Waals surface area contributed by atoms with E-state index < -0.39 is 27.2 Å². The number of alkyl halides is 3. The van der Waals surface area contributed by atoms with Gasteiger partial charge in [0.25, 0.3) is 10.0 Å². The van der Waals surface area contributed by atoms with E-state index in [2.05, 4.69) is 14.7 Å². The first-order valence-electron chi connectivity index (χ1n) is 13.3. The minimum atomic E-state index is -4.68. The number of benzene rings is 1. The number of carbonyl (C=O) groups is 1. The van der Waals surface area contributed by atoms with Crippen LogP contribution in [0, 0.1) is 18.3 Å². The van der Waals surface area contributed by atoms with E-state index in [0.717, 1.165) is 12.1 Å². The van der Waals surface area contributed by atoms with Crippen LogP contribution < -0.4 is 9.62 Å². The Balaban J connectivity index is 1.55. The first-order valence-corrected chi connectivity index (χ1v) is 14.8. The van der Waals surface area contributed by atoms with Crippen LogP contribution in [0.2, 0.25) is 0 Å². The fourth-order valence-electron chi connectivity index (χ4n) is 5.02. The molecule has 8 nitrogen and oxygen atoms in total. The summed E-state index contributed by atoms with van der Waals surface area (Å²) in [6, 6.07) is 12.8. The van der Waals surface area contributed by atoms with Gasteiger partial charge in [-0.1, -0.05) is 30.3 Å². The van der Waals surface area contributed by atoms with Gasteiger partial charge in [0, 0.05) is 18.7 Å². The van der Waals surface area contributed by atoms with Gasteiger partial charge in [0.1, 0.15) is 11.6 Å². The van der Waals surface area contributed by atoms with Gasteiger partial charge in [-0.05, 0) is 76.3 Å². The summed E-state index contributed by atoms with van der Waals surface area (Å²) < 4.78 is 75.3. The van der Waals surface area contributed by atoms with Crippen molar-refractivity contribution in [1.29, 1.82) is 0 Å². The topological polar surface area (TPSA) is 101 Å². The molecule has 0 bridgehead atoms. The van der Waals surface area contributed by atoms with Crippen molar-refractivity contribution in [3.05, 3.63) is 65.7 Å². The van der Waals surface area contributed by atoms with Gasteiger partial charge in [0.15, 0.2) is 5.03 Å². The van der Waals surface area contributed by atoms with Crippen LogP contribution >= 0.6 is 0 Å². The third kappa shape index (κ3) is 6.64. The van der Waals surface area contributed by atoms with Crippen molar-refractivity contribution in [2.45, 2.75) is 51.7 Å². The van der Waals surface area contributed by atoms with Crippen molar-refractivity contribution >= 4 is 27.6 Å². The zero-order valence-electron chi connectivity index (χ0n) is 23.3. The summed E-state index contributed by atoms with van der Waals surface area (Å²) >= 11 is 0. The van der Waals surface area contributed by atoms with Crippen LogP contribution in [-0.4, -0.2) is 44.1 Å². The Morgan fingerprint density at radius 1 is 1.02 bits per heavy atom. The van der Waals surface area contributed by atoms with Gasteiger partial charge in [0.05, 0.1) is 23.3 Å². The number of sulfonamides is 1. The number of rotatable bonds is 8. The second kappa shape index (κ2) is 11.7. The number of aromatic nitrogens is 2. The number of piperidine rings is 1. The van der Waals surface area contributed by atoms with Gasteiger partial charge >= 0.3 is 12.1 Å². The van der Waals surface area contributed by atoms with E-state index in [4.69, 9.17) is 4.74 Å². The molecule has 1 N–H and O–H groups in total. The lowest BCUT2D eigenvalue weighted by molar-refractivity contribution is -0.157. The summed E-state index contributed by atoms with van der Waals surface area (Å²) in [5, 5.41) is -0.289. The van der Waals surface area contributed by atoms with E-state index in [1.54, 1.807) is 44.2 Å². The molecule has 1 saturated heterocycles. The molecule has 4 rings (SSSR count). The Morgan fingerprint density at radius 3 is 2.34 bits per heavy atom. The number of halogens is 3. The molecular weight excluding hydrogens is 557 g/mol. The minimum absolute atomic E-state index is 0.0968. The van der Waals surface area contributed by atoms with Gasteiger partial charge in [-0.25, -0.2) is 9.97 Å². The number of pyridine rings is 2. The van der Waals surface area contributed by atoms with Crippen LogP contribution in [0.3, 0.4) is 0 Å². The molecule has 0 spiro atoms. The smallest absolute Gasteiger partial charge is 0.418 e. The number of nitrogens with one attached hydrogen (secondary N) is 1. The number of aryl methyl sites for hydroxylation is 1. The van der Waals surface area contributed by atoms with Crippen molar-refractivity contribution in [3.8, 4) is 11.3 Å². The van der Waals surface area contributed by atoms with Crippen molar-refractivity contribution in [2.75, 3.05) is 29.3 Å². The molecule has 12 heteroatoms. The van der Waals surface area contributed by atoms with Crippen LogP contribution in [-0.2, 0) is 25.7 Å². The number of hydrogen-bond donors (Lipinski definition) is 1. The zero-order valence-corrected chi connectivity index (χ0v) is 24.1. The molecule has 1 fully saturated rings. The lowest BCUT2D eigenvalue weighted by Crippen LogP contribution is -2.43. The van der Waals surface area contributed by atoms with Crippen molar-refractivity contribution < 1.29 is 31.1 Å². The molecule has 0 saturated carbocycles. The van der Waals surface area contributed by atoms with Crippen molar-refractivity contribution in [2.24, 2.45) is 11.3 Å². The molecule has 1 aliphatic rings. The standard InChI is InChI=1S/C29H33F3N4O4S/c1-5-40-27(37)28(3,4)20-15-17-36(18-16-20)24-11-8-12-25(34-24)41(38,39)35-23-14-13-22(29(30,31)32)26(33-23)21-10-7-6-9-19(21)2/h6-14,20H,5,15-18H2,1-4H3,(H,33,35). The lowest BCUT2D eigenvalue weighted by atomic mass is 9.73. The third-order valence-electron chi connectivity index (χ3n) is 7.47. The van der Waals surface area contributed by atoms with E-state index >= 15 is 0 Å². The molecule has 0 atom stereocenters. The van der Waals surface area contributed by atoms with Crippen LogP contribution in [0.25, 0.3) is 11.3 Å². The summed E-state index contributed by atoms with van der Waals surface area (Å²) in [5.41, 5.74) is -1.17. The average molecular weight is 591 g/mol. The third-order valence-corrected chi connectivity index (χ3v) is 8.72. The maximum absolute atomic E-state index is 13.8. The number of anilines is 2. The number of nitrogens with zero attached hydrogens (tertiary/aromatic N) is 3. The van der Waals surface area contributed by atoms with Gasteiger partial charge in [-0.15, -0.1) is 0 Å². The average Bonchev–Trinajstić information content (AvgIpc) is 2.93. The predicted molar refractivity (Wildman–Crippen MR) is 150 cm³/mol. The first-order chi connectivity index (χ1) is 19.2. The van der Waals surface area contributed by atoms with Crippen molar-refractivity contribution in [3.63, 3.8) is 0 Å². The lowest BCUT2D eigenvalue weighted by Gasteiger charge is -2.39. The largest absolute Gasteiger partial charge is 0.466 e. The predicted octanol–water partition coefficient (Wildman–Crippen LogP) is 6.08. The molecule has 0 unspecified atom stereocenters. The number of esters is 1. The second-order valence-corrected chi connectivity index (χ2v) is 12.2. The van der Waals surface area contributed by atoms with Crippen LogP contribution in [0.1, 0.15) is 44.7 Å². The Kier molecular flexibility index (Phi) is 8.62. The summed E-state index contributed by atoms with van der Waals surface area (Å²) in [7, 11) is -4.28. The highest BCUT2D eigenvalue weighted by atomic mass is 32.2. The Labute approximate surface area is 238 Å². The Hall–Kier alpha value is -3.67. The van der Waals surface area contributed by atoms with Gasteiger partial charge in [-0.2, -0.15) is 21.6 Å². The first kappa shape index (κ1) is 30.3. The highest BCUT2D eigenvalue weighted by molar-refractivity contribution is 7.92. The number of ether oxygens (including phenoxy) is 1. The maximum Gasteiger partial charge on any atom is 0.418 e. The van der Waals surface area contributed by atoms with Crippen molar-refractivity contribution in [1.82, 2.24) is 9.97 Å². The second-order valence-electron chi connectivity index (χ2n) is 10.5. The van der Waals surface area contributed by atoms with E-state index in [0.29, 0.717) is 43.9 Å². The fraction of sp³-hybridized carbons (Fsp3) is 0.414. The van der Waals surface area contributed by atoms with E-state index in [-0.39, 0.29) is 34.0 Å². The summed E-state index contributed by atoms with van der Waals surface area (Å²) in [5.74, 6) is 0.0458. The van der Waals surface area contributed by atoms with Crippen LogP contribution in [0.5, 0.6) is 0 Å². The molecular formula is C29H33F3N4O4S. The van der Waals surface area contributed by atoms with E-state index in [9.17, 15) is 26.4 Å². The van der Waals surface area contributed by atoms with E-state index in [1.807, 2.05) is 18.7 Å². The zero-order chi connectivity index (χ0) is 30.0. The molecule has 0 amide bonds.